The highest BCUT2D eigenvalue weighted by Crippen LogP contribution is 2.33. The van der Waals surface area contributed by atoms with Gasteiger partial charge >= 0.3 is 0 Å². The van der Waals surface area contributed by atoms with Crippen molar-refractivity contribution in [1.29, 1.82) is 0 Å². The van der Waals surface area contributed by atoms with Gasteiger partial charge in [0, 0.05) is 25.0 Å². The van der Waals surface area contributed by atoms with Gasteiger partial charge in [-0.25, -0.2) is 9.98 Å². The second-order valence-corrected chi connectivity index (χ2v) is 10.5. The summed E-state index contributed by atoms with van der Waals surface area (Å²) in [6.07, 6.45) is 0.678. The number of aromatic hydroxyl groups is 2. The zero-order valence-corrected chi connectivity index (χ0v) is 25.1. The summed E-state index contributed by atoms with van der Waals surface area (Å²) < 4.78 is 10.6. The summed E-state index contributed by atoms with van der Waals surface area (Å²) >= 11 is 11.0. The highest BCUT2D eigenvalue weighted by molar-refractivity contribution is 7.80. The first-order chi connectivity index (χ1) is 21.1. The molecule has 0 saturated heterocycles. The number of hydrazone groups is 1. The third kappa shape index (κ3) is 6.74. The van der Waals surface area contributed by atoms with E-state index in [0.717, 1.165) is 11.1 Å². The number of non-ortho nitro benzene ring substituents is 1. The molecule has 15 heteroatoms. The fourth-order valence-corrected chi connectivity index (χ4v) is 5.29. The molecule has 2 atom stereocenters. The van der Waals surface area contributed by atoms with E-state index in [2.05, 4.69) is 31.1 Å². The fourth-order valence-electron chi connectivity index (χ4n) is 4.79. The normalized spacial score (nSPS) is 17.8. The Kier molecular flexibility index (Phi) is 8.96. The van der Waals surface area contributed by atoms with E-state index in [1.54, 1.807) is 48.5 Å². The van der Waals surface area contributed by atoms with Crippen molar-refractivity contribution in [3.05, 3.63) is 81.9 Å². The van der Waals surface area contributed by atoms with E-state index in [0.29, 0.717) is 47.2 Å². The summed E-state index contributed by atoms with van der Waals surface area (Å²) in [7, 11) is 2.94. The third-order valence-electron chi connectivity index (χ3n) is 7.00. The molecule has 0 bridgehead atoms. The lowest BCUT2D eigenvalue weighted by Gasteiger charge is -2.29. The Labute approximate surface area is 262 Å². The Balaban J connectivity index is 1.52. The van der Waals surface area contributed by atoms with Crippen molar-refractivity contribution in [2.45, 2.75) is 24.9 Å². The van der Waals surface area contributed by atoms with Gasteiger partial charge in [-0.1, -0.05) is 12.1 Å². The summed E-state index contributed by atoms with van der Waals surface area (Å²) in [4.78, 5) is 19.8. The maximum Gasteiger partial charge on any atom is 0.269 e. The lowest BCUT2D eigenvalue weighted by atomic mass is 9.91. The van der Waals surface area contributed by atoms with Crippen LogP contribution in [0.5, 0.6) is 23.0 Å². The van der Waals surface area contributed by atoms with Crippen molar-refractivity contribution in [2.75, 3.05) is 19.6 Å². The van der Waals surface area contributed by atoms with Gasteiger partial charge in [0.15, 0.2) is 33.2 Å². The van der Waals surface area contributed by atoms with Gasteiger partial charge in [-0.05, 0) is 72.0 Å². The van der Waals surface area contributed by atoms with Crippen LogP contribution in [0.3, 0.4) is 0 Å². The van der Waals surface area contributed by atoms with Gasteiger partial charge in [0.25, 0.3) is 5.69 Å². The van der Waals surface area contributed by atoms with Crippen LogP contribution >= 0.6 is 24.4 Å². The Morgan fingerprint density at radius 3 is 1.80 bits per heavy atom. The van der Waals surface area contributed by atoms with E-state index in [-0.39, 0.29) is 39.5 Å². The molecule has 3 aromatic rings. The molecule has 0 radical (unpaired) electrons. The Morgan fingerprint density at radius 2 is 1.36 bits per heavy atom. The Hall–Kier alpha value is -5.15. The topological polar surface area (TPSA) is 175 Å². The zero-order valence-electron chi connectivity index (χ0n) is 23.5. The molecule has 0 amide bonds. The molecular formula is C29H27N7O6S2. The summed E-state index contributed by atoms with van der Waals surface area (Å²) in [5.74, 6) is 0.640. The zero-order chi connectivity index (χ0) is 31.4. The van der Waals surface area contributed by atoms with E-state index >= 15 is 0 Å². The van der Waals surface area contributed by atoms with Gasteiger partial charge in [0.1, 0.15) is 5.71 Å². The van der Waals surface area contributed by atoms with Crippen LogP contribution < -0.4 is 25.5 Å². The van der Waals surface area contributed by atoms with E-state index in [4.69, 9.17) is 33.9 Å². The van der Waals surface area contributed by atoms with E-state index in [1.165, 1.54) is 26.4 Å². The molecule has 0 saturated carbocycles. The number of anilines is 1. The van der Waals surface area contributed by atoms with Gasteiger partial charge in [-0.3, -0.25) is 15.5 Å². The fraction of sp³-hybridized carbons (Fsp3) is 0.207. The number of ether oxygens (including phenoxy) is 2. The molecule has 0 aromatic heterocycles. The maximum atomic E-state index is 11.1. The number of rotatable bonds is 9. The minimum Gasteiger partial charge on any atom is -0.504 e. The van der Waals surface area contributed by atoms with Gasteiger partial charge in [-0.2, -0.15) is 5.10 Å². The SMILES string of the molecule is COc1cc(C2CC(C(=NNc3ccc([N+](=O)[O-])cc3)C3=NC(=S)NC(c4ccc(O)c(OC)c4)C3)=NC(=S)N2)ccc1O. The molecule has 3 aromatic carbocycles. The van der Waals surface area contributed by atoms with Crippen LogP contribution in [0, 0.1) is 10.1 Å². The van der Waals surface area contributed by atoms with E-state index in [9.17, 15) is 20.3 Å². The molecule has 2 heterocycles. The molecule has 0 fully saturated rings. The van der Waals surface area contributed by atoms with E-state index in [1.807, 2.05) is 0 Å². The van der Waals surface area contributed by atoms with Crippen LogP contribution in [-0.4, -0.2) is 56.7 Å². The monoisotopic (exact) mass is 633 g/mol. The van der Waals surface area contributed by atoms with Crippen LogP contribution in [0.4, 0.5) is 11.4 Å². The maximum absolute atomic E-state index is 11.1. The average Bonchev–Trinajstić information content (AvgIpc) is 3.01. The number of phenols is 2. The predicted molar refractivity (Wildman–Crippen MR) is 175 cm³/mol. The molecular weight excluding hydrogens is 606 g/mol. The predicted octanol–water partition coefficient (Wildman–Crippen LogP) is 4.71. The number of hydrogen-bond acceptors (Lipinski definition) is 10. The van der Waals surface area contributed by atoms with E-state index < -0.39 is 4.92 Å². The molecule has 0 spiro atoms. The Morgan fingerprint density at radius 1 is 0.886 bits per heavy atom. The number of thiocarbonyl (C=S) groups is 2. The number of nitro groups is 1. The lowest BCUT2D eigenvalue weighted by Crippen LogP contribution is -2.42. The minimum absolute atomic E-state index is 0.00699. The summed E-state index contributed by atoms with van der Waals surface area (Å²) in [5, 5.41) is 42.8. The van der Waals surface area contributed by atoms with Crippen LogP contribution in [0.15, 0.2) is 75.7 Å². The van der Waals surface area contributed by atoms with Crippen LogP contribution in [0.1, 0.15) is 36.1 Å². The number of nitro benzene ring substituents is 1. The second kappa shape index (κ2) is 13.0. The molecule has 5 rings (SSSR count). The van der Waals surface area contributed by atoms with Crippen molar-refractivity contribution >= 4 is 63.2 Å². The molecule has 13 nitrogen and oxygen atoms in total. The van der Waals surface area contributed by atoms with Crippen molar-refractivity contribution in [2.24, 2.45) is 15.1 Å². The highest BCUT2D eigenvalue weighted by atomic mass is 32.1. The first kappa shape index (κ1) is 30.3. The van der Waals surface area contributed by atoms with Crippen molar-refractivity contribution in [1.82, 2.24) is 10.6 Å². The van der Waals surface area contributed by atoms with Crippen molar-refractivity contribution in [3.8, 4) is 23.0 Å². The average molecular weight is 634 g/mol. The Bertz CT molecular complexity index is 1630. The third-order valence-corrected chi connectivity index (χ3v) is 7.42. The first-order valence-corrected chi connectivity index (χ1v) is 14.1. The molecule has 2 aliphatic rings. The number of nitrogens with zero attached hydrogens (tertiary/aromatic N) is 4. The molecule has 0 aliphatic carbocycles. The molecule has 2 aliphatic heterocycles. The number of aliphatic imine (C=N–C) groups is 2. The molecule has 2 unspecified atom stereocenters. The number of methoxy groups -OCH3 is 2. The smallest absolute Gasteiger partial charge is 0.269 e. The van der Waals surface area contributed by atoms with Crippen LogP contribution in [-0.2, 0) is 0 Å². The first-order valence-electron chi connectivity index (χ1n) is 13.2. The number of phenolic OH excluding ortho intramolecular Hbond substituents is 2. The summed E-state index contributed by atoms with van der Waals surface area (Å²) in [6, 6.07) is 15.2. The van der Waals surface area contributed by atoms with Gasteiger partial charge < -0.3 is 30.3 Å². The van der Waals surface area contributed by atoms with Gasteiger partial charge in [0.05, 0.1) is 48.3 Å². The molecule has 226 valence electrons. The highest BCUT2D eigenvalue weighted by Gasteiger charge is 2.31. The van der Waals surface area contributed by atoms with Gasteiger partial charge in [0.2, 0.25) is 0 Å². The van der Waals surface area contributed by atoms with Crippen molar-refractivity contribution in [3.63, 3.8) is 0 Å². The standard InChI is InChI=1S/C29H27N7O6S2/c1-41-25-11-15(3-9-23(25)37)19-13-21(32-28(43)30-19)27(35-34-17-5-7-18(8-6-17)36(39)40)22-14-20(31-29(44)33-22)16-4-10-24(38)26(12-16)42-2/h3-12,19-20,34,37-38H,13-14H2,1-2H3,(H,30,43)(H,31,44). The number of hydrogen-bond donors (Lipinski definition) is 5. The molecule has 44 heavy (non-hydrogen) atoms. The lowest BCUT2D eigenvalue weighted by molar-refractivity contribution is -0.384. The minimum atomic E-state index is -0.481. The van der Waals surface area contributed by atoms with Crippen molar-refractivity contribution < 1.29 is 24.6 Å². The largest absolute Gasteiger partial charge is 0.504 e. The second-order valence-electron chi connectivity index (χ2n) is 9.77. The number of nitrogens with one attached hydrogen (secondary N) is 3. The molecule has 5 N–H and O–H groups in total. The summed E-state index contributed by atoms with van der Waals surface area (Å²) in [5.41, 5.74) is 6.44. The summed E-state index contributed by atoms with van der Waals surface area (Å²) in [6.45, 7) is 0. The number of benzene rings is 3. The quantitative estimate of drug-likeness (QED) is 0.0955. The van der Waals surface area contributed by atoms with Crippen LogP contribution in [0.25, 0.3) is 0 Å². The van der Waals surface area contributed by atoms with Gasteiger partial charge in [-0.15, -0.1) is 0 Å². The van der Waals surface area contributed by atoms with Crippen LogP contribution in [0.2, 0.25) is 0 Å².